The molecule has 0 bridgehead atoms. The van der Waals surface area contributed by atoms with Crippen LogP contribution in [0, 0.1) is 10.1 Å². The lowest BCUT2D eigenvalue weighted by Gasteiger charge is -2.07. The number of nitro benzene ring substituents is 1. The molecule has 86 valence electrons. The molecule has 0 amide bonds. The van der Waals surface area contributed by atoms with Crippen LogP contribution in [0.1, 0.15) is 5.56 Å². The molecule has 16 heavy (non-hydrogen) atoms. The SMILES string of the molecule is O=C(O)COc1ccc([N+](=O)[O-])cc1CCl. The van der Waals surface area contributed by atoms with Crippen LogP contribution in [0.25, 0.3) is 0 Å². The molecule has 1 rings (SSSR count). The summed E-state index contributed by atoms with van der Waals surface area (Å²) >= 11 is 5.57. The van der Waals surface area contributed by atoms with Crippen LogP contribution in [0.2, 0.25) is 0 Å². The maximum Gasteiger partial charge on any atom is 0.341 e. The molecule has 0 spiro atoms. The van der Waals surface area contributed by atoms with Crippen molar-refractivity contribution in [2.24, 2.45) is 0 Å². The van der Waals surface area contributed by atoms with Gasteiger partial charge in [0, 0.05) is 17.7 Å². The Labute approximate surface area is 95.6 Å². The van der Waals surface area contributed by atoms with Crippen molar-refractivity contribution >= 4 is 23.3 Å². The van der Waals surface area contributed by atoms with Gasteiger partial charge < -0.3 is 9.84 Å². The summed E-state index contributed by atoms with van der Waals surface area (Å²) in [7, 11) is 0. The van der Waals surface area contributed by atoms with Gasteiger partial charge in [-0.25, -0.2) is 4.79 Å². The van der Waals surface area contributed by atoms with Crippen molar-refractivity contribution < 1.29 is 19.6 Å². The van der Waals surface area contributed by atoms with E-state index in [0.29, 0.717) is 5.56 Å². The quantitative estimate of drug-likeness (QED) is 0.485. The number of carboxylic acids is 1. The van der Waals surface area contributed by atoms with Crippen LogP contribution in [-0.2, 0) is 10.7 Å². The van der Waals surface area contributed by atoms with Gasteiger partial charge in [0.25, 0.3) is 5.69 Å². The lowest BCUT2D eigenvalue weighted by molar-refractivity contribution is -0.384. The standard InChI is InChI=1S/C9H8ClNO5/c10-4-6-3-7(11(14)15)1-2-8(6)16-5-9(12)13/h1-3H,4-5H2,(H,12,13). The average Bonchev–Trinajstić information content (AvgIpc) is 2.25. The highest BCUT2D eigenvalue weighted by atomic mass is 35.5. The third kappa shape index (κ3) is 3.09. The summed E-state index contributed by atoms with van der Waals surface area (Å²) in [5.41, 5.74) is 0.274. The van der Waals surface area contributed by atoms with Crippen LogP contribution in [0.3, 0.4) is 0 Å². The number of carbonyl (C=O) groups is 1. The Hall–Kier alpha value is -1.82. The first kappa shape index (κ1) is 12.3. The molecule has 0 aliphatic rings. The summed E-state index contributed by atoms with van der Waals surface area (Å²) in [6.45, 7) is -0.512. The number of aliphatic carboxylic acids is 1. The molecule has 0 saturated heterocycles. The van der Waals surface area contributed by atoms with Gasteiger partial charge in [0.15, 0.2) is 6.61 Å². The predicted molar refractivity (Wildman–Crippen MR) is 55.8 cm³/mol. The maximum absolute atomic E-state index is 10.5. The minimum Gasteiger partial charge on any atom is -0.482 e. The maximum atomic E-state index is 10.5. The molecule has 0 fully saturated rings. The number of hydrogen-bond donors (Lipinski definition) is 1. The van der Waals surface area contributed by atoms with Crippen molar-refractivity contribution in [2.75, 3.05) is 6.61 Å². The predicted octanol–water partition coefficient (Wildman–Crippen LogP) is 1.80. The van der Waals surface area contributed by atoms with Crippen molar-refractivity contribution in [1.82, 2.24) is 0 Å². The van der Waals surface area contributed by atoms with E-state index in [1.54, 1.807) is 0 Å². The number of rotatable bonds is 5. The van der Waals surface area contributed by atoms with Gasteiger partial charge >= 0.3 is 5.97 Å². The molecule has 0 aliphatic heterocycles. The monoisotopic (exact) mass is 245 g/mol. The second kappa shape index (κ2) is 5.32. The molecule has 1 aromatic rings. The van der Waals surface area contributed by atoms with E-state index >= 15 is 0 Å². The first-order valence-corrected chi connectivity index (χ1v) is 4.76. The third-order valence-corrected chi connectivity index (χ3v) is 2.04. The number of benzene rings is 1. The van der Waals surface area contributed by atoms with E-state index < -0.39 is 17.5 Å². The second-order valence-corrected chi connectivity index (χ2v) is 3.13. The topological polar surface area (TPSA) is 89.7 Å². The van der Waals surface area contributed by atoms with Crippen LogP contribution in [-0.4, -0.2) is 22.6 Å². The average molecular weight is 246 g/mol. The first-order chi connectivity index (χ1) is 7.54. The minimum absolute atomic E-state index is 0.0105. The second-order valence-electron chi connectivity index (χ2n) is 2.87. The van der Waals surface area contributed by atoms with E-state index in [-0.39, 0.29) is 17.3 Å². The van der Waals surface area contributed by atoms with Gasteiger partial charge in [0.1, 0.15) is 5.75 Å². The molecule has 0 heterocycles. The molecule has 0 unspecified atom stereocenters. The number of carboxylic acid groups (broad SMARTS) is 1. The van der Waals surface area contributed by atoms with Gasteiger partial charge in [0.2, 0.25) is 0 Å². The normalized spacial score (nSPS) is 9.81. The van der Waals surface area contributed by atoms with E-state index in [9.17, 15) is 14.9 Å². The van der Waals surface area contributed by atoms with Crippen LogP contribution < -0.4 is 4.74 Å². The van der Waals surface area contributed by atoms with Crippen LogP contribution in [0.5, 0.6) is 5.75 Å². The highest BCUT2D eigenvalue weighted by molar-refractivity contribution is 6.17. The van der Waals surface area contributed by atoms with E-state index in [4.69, 9.17) is 21.4 Å². The smallest absolute Gasteiger partial charge is 0.341 e. The molecule has 0 saturated carbocycles. The number of alkyl halides is 1. The summed E-state index contributed by atoms with van der Waals surface area (Å²) in [4.78, 5) is 20.2. The summed E-state index contributed by atoms with van der Waals surface area (Å²) in [5, 5.41) is 18.9. The number of nitro groups is 1. The molecule has 0 atom stereocenters. The van der Waals surface area contributed by atoms with E-state index in [0.717, 1.165) is 0 Å². The van der Waals surface area contributed by atoms with Crippen LogP contribution in [0.4, 0.5) is 5.69 Å². The van der Waals surface area contributed by atoms with Gasteiger partial charge in [-0.2, -0.15) is 0 Å². The zero-order valence-corrected chi connectivity index (χ0v) is 8.81. The van der Waals surface area contributed by atoms with Crippen LogP contribution >= 0.6 is 11.6 Å². The van der Waals surface area contributed by atoms with Crippen molar-refractivity contribution in [3.8, 4) is 5.75 Å². The zero-order valence-electron chi connectivity index (χ0n) is 8.05. The molecular formula is C9H8ClNO5. The first-order valence-electron chi connectivity index (χ1n) is 4.22. The van der Waals surface area contributed by atoms with E-state index in [1.165, 1.54) is 18.2 Å². The summed E-state index contributed by atoms with van der Waals surface area (Å²) in [5.74, 6) is -0.877. The van der Waals surface area contributed by atoms with Gasteiger partial charge in [-0.15, -0.1) is 11.6 Å². The number of hydrogen-bond acceptors (Lipinski definition) is 4. The molecule has 1 aromatic carbocycles. The van der Waals surface area contributed by atoms with E-state index in [1.807, 2.05) is 0 Å². The zero-order chi connectivity index (χ0) is 12.1. The molecule has 0 radical (unpaired) electrons. The summed E-state index contributed by atoms with van der Waals surface area (Å²) in [6, 6.07) is 3.82. The minimum atomic E-state index is -1.13. The Morgan fingerprint density at radius 2 is 2.25 bits per heavy atom. The third-order valence-electron chi connectivity index (χ3n) is 1.75. The lowest BCUT2D eigenvalue weighted by Crippen LogP contribution is -2.10. The summed E-state index contributed by atoms with van der Waals surface area (Å²) < 4.78 is 4.92. The molecule has 0 aromatic heterocycles. The molecule has 7 heteroatoms. The van der Waals surface area contributed by atoms with Crippen molar-refractivity contribution in [2.45, 2.75) is 5.88 Å². The van der Waals surface area contributed by atoms with Crippen molar-refractivity contribution in [3.63, 3.8) is 0 Å². The number of ether oxygens (including phenoxy) is 1. The number of halogens is 1. The van der Waals surface area contributed by atoms with E-state index in [2.05, 4.69) is 0 Å². The number of nitrogens with zero attached hydrogens (tertiary/aromatic N) is 1. The molecule has 0 aliphatic carbocycles. The fraction of sp³-hybridized carbons (Fsp3) is 0.222. The number of non-ortho nitro benzene ring substituents is 1. The lowest BCUT2D eigenvalue weighted by atomic mass is 10.2. The van der Waals surface area contributed by atoms with Gasteiger partial charge in [-0.3, -0.25) is 10.1 Å². The Balaban J connectivity index is 2.93. The van der Waals surface area contributed by atoms with Gasteiger partial charge in [-0.1, -0.05) is 0 Å². The summed E-state index contributed by atoms with van der Waals surface area (Å²) in [6.07, 6.45) is 0. The fourth-order valence-corrected chi connectivity index (χ4v) is 1.27. The molecule has 1 N–H and O–H groups in total. The van der Waals surface area contributed by atoms with Crippen molar-refractivity contribution in [3.05, 3.63) is 33.9 Å². The Bertz CT molecular complexity index is 420. The van der Waals surface area contributed by atoms with Gasteiger partial charge in [0.05, 0.1) is 10.8 Å². The molecular weight excluding hydrogens is 238 g/mol. The Morgan fingerprint density at radius 1 is 1.56 bits per heavy atom. The molecule has 6 nitrogen and oxygen atoms in total. The Kier molecular flexibility index (Phi) is 4.07. The highest BCUT2D eigenvalue weighted by Gasteiger charge is 2.11. The van der Waals surface area contributed by atoms with Gasteiger partial charge in [-0.05, 0) is 6.07 Å². The van der Waals surface area contributed by atoms with Crippen LogP contribution in [0.15, 0.2) is 18.2 Å². The highest BCUT2D eigenvalue weighted by Crippen LogP contribution is 2.25. The van der Waals surface area contributed by atoms with Crippen molar-refractivity contribution in [1.29, 1.82) is 0 Å². The fourth-order valence-electron chi connectivity index (χ4n) is 1.06. The Morgan fingerprint density at radius 3 is 2.75 bits per heavy atom. The largest absolute Gasteiger partial charge is 0.482 e.